The number of esters is 2. The van der Waals surface area contributed by atoms with E-state index in [0.717, 1.165) is 7.14 Å². The first kappa shape index (κ1) is 25.1. The van der Waals surface area contributed by atoms with Crippen LogP contribution >= 0.6 is 67.8 Å². The van der Waals surface area contributed by atoms with E-state index in [2.05, 4.69) is 4.74 Å². The largest absolute Gasteiger partial charge is 0.463 e. The van der Waals surface area contributed by atoms with Crippen LogP contribution in [0.15, 0.2) is 12.1 Å². The van der Waals surface area contributed by atoms with Gasteiger partial charge in [-0.2, -0.15) is 17.2 Å². The number of carbonyl (C=O) groups is 2. The molecule has 0 heterocycles. The molecule has 0 aliphatic rings. The Morgan fingerprint density at radius 2 is 1.78 bits per heavy atom. The molecule has 14 heteroatoms. The number of hydrogen-bond acceptors (Lipinski definition) is 6. The van der Waals surface area contributed by atoms with Crippen LogP contribution in [0.25, 0.3) is 0 Å². The van der Waals surface area contributed by atoms with Crippen molar-refractivity contribution in [3.63, 3.8) is 0 Å². The second kappa shape index (κ2) is 10.2. The lowest BCUT2D eigenvalue weighted by molar-refractivity contribution is -0.148. The average Bonchev–Trinajstić information content (AvgIpc) is 2.54. The highest BCUT2D eigenvalue weighted by atomic mass is 127. The maximum Gasteiger partial charge on any atom is 0.400 e. The van der Waals surface area contributed by atoms with Gasteiger partial charge in [0, 0.05) is 17.1 Å². The topological polar surface area (TPSA) is 107 Å². The van der Waals surface area contributed by atoms with Gasteiger partial charge in [-0.3, -0.25) is 4.55 Å². The van der Waals surface area contributed by atoms with E-state index in [9.17, 15) is 31.2 Å². The van der Waals surface area contributed by atoms with Gasteiger partial charge in [-0.1, -0.05) is 0 Å². The monoisotopic (exact) mass is 748 g/mol. The summed E-state index contributed by atoms with van der Waals surface area (Å²) in [5.74, 6) is -1.95. The molecule has 0 fully saturated rings. The first-order valence-corrected chi connectivity index (χ1v) is 11.4. The standard InChI is InChI=1S/C13H10F3I3O7S/c14-9(13(15,16)27(22,23)24)1-2-25-10(20)5-26-12(21)7-3-6(17)4-8(18)11(7)19/h3-4,9H,1-2,5H2,(H,22,23,24). The predicted octanol–water partition coefficient (Wildman–Crippen LogP) is 3.41. The highest BCUT2D eigenvalue weighted by molar-refractivity contribution is 14.1. The Balaban J connectivity index is 2.52. The fourth-order valence-corrected chi connectivity index (χ4v) is 4.37. The number of halogens is 6. The molecule has 1 aromatic carbocycles. The summed E-state index contributed by atoms with van der Waals surface area (Å²) < 4.78 is 79.5. The van der Waals surface area contributed by atoms with E-state index in [0.29, 0.717) is 3.57 Å². The molecule has 0 radical (unpaired) electrons. The van der Waals surface area contributed by atoms with Gasteiger partial charge in [-0.15, -0.1) is 0 Å². The van der Waals surface area contributed by atoms with Crippen LogP contribution in [-0.2, 0) is 24.4 Å². The van der Waals surface area contributed by atoms with Crippen molar-refractivity contribution in [3.8, 4) is 0 Å². The Labute approximate surface area is 192 Å². The Morgan fingerprint density at radius 3 is 2.33 bits per heavy atom. The van der Waals surface area contributed by atoms with E-state index < -0.39 is 53.1 Å². The van der Waals surface area contributed by atoms with Gasteiger partial charge in [0.2, 0.25) is 0 Å². The van der Waals surface area contributed by atoms with Crippen molar-refractivity contribution in [3.05, 3.63) is 28.4 Å². The van der Waals surface area contributed by atoms with Crippen LogP contribution in [0.5, 0.6) is 0 Å². The van der Waals surface area contributed by atoms with E-state index in [1.165, 1.54) is 0 Å². The minimum absolute atomic E-state index is 0.219. The maximum atomic E-state index is 13.2. The summed E-state index contributed by atoms with van der Waals surface area (Å²) in [6.45, 7) is -1.75. The Bertz CT molecular complexity index is 833. The first-order chi connectivity index (χ1) is 12.3. The second-order valence-corrected chi connectivity index (χ2v) is 9.82. The lowest BCUT2D eigenvalue weighted by Crippen LogP contribution is -2.39. The van der Waals surface area contributed by atoms with Gasteiger partial charge in [0.25, 0.3) is 0 Å². The highest BCUT2D eigenvalue weighted by Gasteiger charge is 2.52. The molecule has 0 aliphatic heterocycles. The molecule has 0 aliphatic carbocycles. The number of benzene rings is 1. The molecule has 1 N–H and O–H groups in total. The summed E-state index contributed by atoms with van der Waals surface area (Å²) in [6.07, 6.45) is -4.46. The zero-order chi connectivity index (χ0) is 21.0. The fourth-order valence-electron chi connectivity index (χ4n) is 1.55. The van der Waals surface area contributed by atoms with E-state index in [-0.39, 0.29) is 5.56 Å². The third-order valence-corrected chi connectivity index (χ3v) is 7.49. The molecule has 0 bridgehead atoms. The summed E-state index contributed by atoms with van der Waals surface area (Å²) in [6, 6.07) is 3.37. The van der Waals surface area contributed by atoms with Gasteiger partial charge in [0.15, 0.2) is 12.8 Å². The third-order valence-electron chi connectivity index (χ3n) is 2.88. The number of carbonyl (C=O) groups excluding carboxylic acids is 2. The van der Waals surface area contributed by atoms with Crippen molar-refractivity contribution < 1.29 is 45.2 Å². The fraction of sp³-hybridized carbons (Fsp3) is 0.385. The van der Waals surface area contributed by atoms with E-state index in [1.807, 2.05) is 73.8 Å². The van der Waals surface area contributed by atoms with Crippen LogP contribution < -0.4 is 0 Å². The Hall–Kier alpha value is 0.0500. The first-order valence-electron chi connectivity index (χ1n) is 6.73. The molecule has 1 unspecified atom stereocenters. The summed E-state index contributed by atoms with van der Waals surface area (Å²) in [5.41, 5.74) is 0.219. The minimum Gasteiger partial charge on any atom is -0.463 e. The van der Waals surface area contributed by atoms with Gasteiger partial charge in [-0.25, -0.2) is 14.0 Å². The molecule has 1 rings (SSSR count). The van der Waals surface area contributed by atoms with Gasteiger partial charge in [-0.05, 0) is 79.9 Å². The summed E-state index contributed by atoms with van der Waals surface area (Å²) in [4.78, 5) is 23.4. The van der Waals surface area contributed by atoms with Crippen molar-refractivity contribution in [2.24, 2.45) is 0 Å². The number of hydrogen-bond donors (Lipinski definition) is 1. The van der Waals surface area contributed by atoms with Crippen LogP contribution in [0.3, 0.4) is 0 Å². The van der Waals surface area contributed by atoms with Crippen molar-refractivity contribution in [2.75, 3.05) is 13.2 Å². The lowest BCUT2D eigenvalue weighted by atomic mass is 10.2. The molecule has 0 saturated carbocycles. The summed E-state index contributed by atoms with van der Waals surface area (Å²) in [5, 5.41) is -5.02. The normalized spacial score (nSPS) is 13.1. The van der Waals surface area contributed by atoms with Crippen molar-refractivity contribution >= 4 is 89.8 Å². The molecule has 1 aromatic rings. The molecule has 0 saturated heterocycles. The molecule has 27 heavy (non-hydrogen) atoms. The van der Waals surface area contributed by atoms with Crippen LogP contribution in [-0.4, -0.2) is 49.5 Å². The Kier molecular flexibility index (Phi) is 9.47. The maximum absolute atomic E-state index is 13.2. The smallest absolute Gasteiger partial charge is 0.400 e. The van der Waals surface area contributed by atoms with Gasteiger partial charge in [0.1, 0.15) is 0 Å². The highest BCUT2D eigenvalue weighted by Crippen LogP contribution is 2.29. The number of rotatable bonds is 8. The molecule has 1 atom stereocenters. The van der Waals surface area contributed by atoms with Gasteiger partial charge >= 0.3 is 27.3 Å². The van der Waals surface area contributed by atoms with Gasteiger partial charge in [0.05, 0.1) is 12.2 Å². The SMILES string of the molecule is O=C(COC(=O)c1cc(I)cc(I)c1I)OCCC(F)C(F)(F)S(=O)(=O)O. The lowest BCUT2D eigenvalue weighted by Gasteiger charge is -2.17. The molecule has 0 aromatic heterocycles. The molecular weight excluding hydrogens is 738 g/mol. The quantitative estimate of drug-likeness (QED) is 0.188. The molecule has 0 amide bonds. The van der Waals surface area contributed by atoms with Crippen molar-refractivity contribution in [2.45, 2.75) is 17.8 Å². The van der Waals surface area contributed by atoms with E-state index >= 15 is 0 Å². The molecular formula is C13H10F3I3O7S. The van der Waals surface area contributed by atoms with Crippen LogP contribution in [0.1, 0.15) is 16.8 Å². The molecule has 7 nitrogen and oxygen atoms in total. The van der Waals surface area contributed by atoms with Crippen LogP contribution in [0.4, 0.5) is 13.2 Å². The van der Waals surface area contributed by atoms with Crippen LogP contribution in [0, 0.1) is 10.7 Å². The summed E-state index contributed by atoms with van der Waals surface area (Å²) >= 11 is 5.94. The zero-order valence-corrected chi connectivity index (χ0v) is 20.2. The second-order valence-electron chi connectivity index (χ2n) is 4.84. The van der Waals surface area contributed by atoms with E-state index in [1.54, 1.807) is 6.07 Å². The molecule has 0 spiro atoms. The minimum atomic E-state index is -5.94. The predicted molar refractivity (Wildman–Crippen MR) is 112 cm³/mol. The summed E-state index contributed by atoms with van der Waals surface area (Å²) in [7, 11) is -5.94. The van der Waals surface area contributed by atoms with E-state index in [4.69, 9.17) is 9.29 Å². The zero-order valence-electron chi connectivity index (χ0n) is 12.9. The van der Waals surface area contributed by atoms with Gasteiger partial charge < -0.3 is 9.47 Å². The molecule has 152 valence electrons. The third kappa shape index (κ3) is 7.11. The number of alkyl halides is 3. The Morgan fingerprint density at radius 1 is 1.19 bits per heavy atom. The van der Waals surface area contributed by atoms with Crippen LogP contribution in [0.2, 0.25) is 0 Å². The van der Waals surface area contributed by atoms with Crippen molar-refractivity contribution in [1.29, 1.82) is 0 Å². The van der Waals surface area contributed by atoms with Crippen molar-refractivity contribution in [1.82, 2.24) is 0 Å². The average molecular weight is 748 g/mol. The number of ether oxygens (including phenoxy) is 2.